The molecule has 1 nitrogen and oxygen atoms in total. The summed E-state index contributed by atoms with van der Waals surface area (Å²) in [5.74, 6) is 1.07. The van der Waals surface area contributed by atoms with Gasteiger partial charge in [-0.1, -0.05) is 6.92 Å². The zero-order valence-corrected chi connectivity index (χ0v) is 4.52. The zero-order chi connectivity index (χ0) is 5.28. The van der Waals surface area contributed by atoms with E-state index in [2.05, 4.69) is 13.0 Å². The van der Waals surface area contributed by atoms with Crippen LogP contribution in [0.25, 0.3) is 0 Å². The summed E-state index contributed by atoms with van der Waals surface area (Å²) in [6.07, 6.45) is 2.40. The second kappa shape index (κ2) is 1.54. The molecule has 1 heteroatoms. The smallest absolute Gasteiger partial charge is 0.0658 e. The SMILES string of the molecule is C[C@@H]1CCC1C#N. The van der Waals surface area contributed by atoms with E-state index < -0.39 is 0 Å². The van der Waals surface area contributed by atoms with Crippen molar-refractivity contribution in [3.8, 4) is 6.07 Å². The summed E-state index contributed by atoms with van der Waals surface area (Å²) in [7, 11) is 0. The first kappa shape index (κ1) is 4.64. The first-order valence-corrected chi connectivity index (χ1v) is 2.74. The molecule has 0 aromatic carbocycles. The number of hydrogen-bond donors (Lipinski definition) is 0. The lowest BCUT2D eigenvalue weighted by Gasteiger charge is -2.26. The van der Waals surface area contributed by atoms with Gasteiger partial charge in [0, 0.05) is 5.92 Å². The summed E-state index contributed by atoms with van der Waals surface area (Å²) >= 11 is 0. The van der Waals surface area contributed by atoms with Crippen LogP contribution in [0.4, 0.5) is 0 Å². The zero-order valence-electron chi connectivity index (χ0n) is 4.52. The molecule has 0 aromatic heterocycles. The molecule has 0 N–H and O–H groups in total. The van der Waals surface area contributed by atoms with E-state index in [0.29, 0.717) is 11.8 Å². The molecule has 0 aliphatic heterocycles. The van der Waals surface area contributed by atoms with Crippen LogP contribution in [0.3, 0.4) is 0 Å². The average molecular weight is 95.1 g/mol. The van der Waals surface area contributed by atoms with Crippen molar-refractivity contribution < 1.29 is 0 Å². The van der Waals surface area contributed by atoms with Gasteiger partial charge in [-0.3, -0.25) is 0 Å². The molecule has 0 amide bonds. The molecular formula is C6H9N. The Kier molecular flexibility index (Phi) is 1.02. The van der Waals surface area contributed by atoms with Gasteiger partial charge in [-0.15, -0.1) is 0 Å². The third-order valence-corrected chi connectivity index (χ3v) is 1.79. The van der Waals surface area contributed by atoms with Crippen LogP contribution in [0.1, 0.15) is 19.8 Å². The Bertz CT molecular complexity index is 101. The van der Waals surface area contributed by atoms with Gasteiger partial charge in [0.25, 0.3) is 0 Å². The molecule has 0 spiro atoms. The van der Waals surface area contributed by atoms with E-state index in [1.54, 1.807) is 0 Å². The molecule has 0 bridgehead atoms. The monoisotopic (exact) mass is 95.1 g/mol. The molecule has 1 unspecified atom stereocenters. The largest absolute Gasteiger partial charge is 0.198 e. The Labute approximate surface area is 44.0 Å². The lowest BCUT2D eigenvalue weighted by molar-refractivity contribution is 0.259. The van der Waals surface area contributed by atoms with Gasteiger partial charge in [0.2, 0.25) is 0 Å². The molecule has 1 aliphatic rings. The van der Waals surface area contributed by atoms with E-state index in [9.17, 15) is 0 Å². The lowest BCUT2D eigenvalue weighted by atomic mass is 9.76. The molecule has 7 heavy (non-hydrogen) atoms. The quantitative estimate of drug-likeness (QED) is 0.448. The minimum atomic E-state index is 0.389. The van der Waals surface area contributed by atoms with Crippen molar-refractivity contribution >= 4 is 0 Å². The van der Waals surface area contributed by atoms with Crippen LogP contribution in [-0.2, 0) is 0 Å². The van der Waals surface area contributed by atoms with Crippen molar-refractivity contribution in [2.24, 2.45) is 11.8 Å². The number of hydrogen-bond acceptors (Lipinski definition) is 1. The number of nitriles is 1. The number of nitrogens with zero attached hydrogens (tertiary/aromatic N) is 1. The summed E-state index contributed by atoms with van der Waals surface area (Å²) in [6, 6.07) is 2.25. The molecule has 0 radical (unpaired) electrons. The van der Waals surface area contributed by atoms with E-state index in [0.717, 1.165) is 6.42 Å². The van der Waals surface area contributed by atoms with Crippen LogP contribution in [0.5, 0.6) is 0 Å². The summed E-state index contributed by atoms with van der Waals surface area (Å²) in [5, 5.41) is 8.31. The average Bonchev–Trinajstić information content (AvgIpc) is 1.65. The first-order chi connectivity index (χ1) is 3.34. The van der Waals surface area contributed by atoms with Crippen molar-refractivity contribution in [3.63, 3.8) is 0 Å². The topological polar surface area (TPSA) is 23.8 Å². The normalized spacial score (nSPS) is 38.9. The summed E-state index contributed by atoms with van der Waals surface area (Å²) in [6.45, 7) is 2.14. The molecule has 1 rings (SSSR count). The Hall–Kier alpha value is -0.510. The van der Waals surface area contributed by atoms with Crippen LogP contribution >= 0.6 is 0 Å². The minimum absolute atomic E-state index is 0.389. The van der Waals surface area contributed by atoms with E-state index >= 15 is 0 Å². The Morgan fingerprint density at radius 3 is 2.29 bits per heavy atom. The highest BCUT2D eigenvalue weighted by atomic mass is 14.4. The third kappa shape index (κ3) is 0.608. The van der Waals surface area contributed by atoms with E-state index in [1.165, 1.54) is 6.42 Å². The molecule has 38 valence electrons. The minimum Gasteiger partial charge on any atom is -0.198 e. The third-order valence-electron chi connectivity index (χ3n) is 1.79. The van der Waals surface area contributed by atoms with E-state index in [4.69, 9.17) is 5.26 Å². The molecule has 1 saturated carbocycles. The summed E-state index contributed by atoms with van der Waals surface area (Å²) in [4.78, 5) is 0. The van der Waals surface area contributed by atoms with Crippen LogP contribution in [-0.4, -0.2) is 0 Å². The van der Waals surface area contributed by atoms with Crippen molar-refractivity contribution in [2.75, 3.05) is 0 Å². The van der Waals surface area contributed by atoms with Crippen LogP contribution in [0, 0.1) is 23.2 Å². The molecule has 1 fully saturated rings. The van der Waals surface area contributed by atoms with Crippen LogP contribution in [0.2, 0.25) is 0 Å². The fourth-order valence-electron chi connectivity index (χ4n) is 0.858. The van der Waals surface area contributed by atoms with E-state index in [-0.39, 0.29) is 0 Å². The summed E-state index contributed by atoms with van der Waals surface area (Å²) < 4.78 is 0. The number of rotatable bonds is 0. The highest BCUT2D eigenvalue weighted by Gasteiger charge is 2.25. The Morgan fingerprint density at radius 1 is 1.57 bits per heavy atom. The van der Waals surface area contributed by atoms with Crippen molar-refractivity contribution in [1.82, 2.24) is 0 Å². The van der Waals surface area contributed by atoms with Crippen molar-refractivity contribution in [1.29, 1.82) is 5.26 Å². The molecular weight excluding hydrogens is 86.1 g/mol. The van der Waals surface area contributed by atoms with Gasteiger partial charge in [0.1, 0.15) is 0 Å². The molecule has 0 heterocycles. The molecule has 1 aliphatic carbocycles. The van der Waals surface area contributed by atoms with Crippen molar-refractivity contribution in [3.05, 3.63) is 0 Å². The maximum atomic E-state index is 8.31. The predicted molar refractivity (Wildman–Crippen MR) is 27.5 cm³/mol. The highest BCUT2D eigenvalue weighted by Crippen LogP contribution is 2.32. The van der Waals surface area contributed by atoms with Gasteiger partial charge < -0.3 is 0 Å². The standard InChI is InChI=1S/C6H9N/c1-5-2-3-6(5)4-7/h5-6H,2-3H2,1H3/t5-,6?/m1/s1. The Balaban J connectivity index is 2.33. The van der Waals surface area contributed by atoms with Gasteiger partial charge in [0.05, 0.1) is 6.07 Å². The summed E-state index contributed by atoms with van der Waals surface area (Å²) in [5.41, 5.74) is 0. The van der Waals surface area contributed by atoms with Crippen molar-refractivity contribution in [2.45, 2.75) is 19.8 Å². The van der Waals surface area contributed by atoms with Gasteiger partial charge >= 0.3 is 0 Å². The van der Waals surface area contributed by atoms with Gasteiger partial charge in [0.15, 0.2) is 0 Å². The second-order valence-electron chi connectivity index (χ2n) is 2.29. The van der Waals surface area contributed by atoms with E-state index in [1.807, 2.05) is 0 Å². The molecule has 0 saturated heterocycles. The van der Waals surface area contributed by atoms with Gasteiger partial charge in [-0.2, -0.15) is 5.26 Å². The fourth-order valence-corrected chi connectivity index (χ4v) is 0.858. The maximum absolute atomic E-state index is 8.31. The highest BCUT2D eigenvalue weighted by molar-refractivity contribution is 4.93. The lowest BCUT2D eigenvalue weighted by Crippen LogP contribution is -2.20. The maximum Gasteiger partial charge on any atom is 0.0658 e. The second-order valence-corrected chi connectivity index (χ2v) is 2.29. The van der Waals surface area contributed by atoms with Gasteiger partial charge in [-0.25, -0.2) is 0 Å². The van der Waals surface area contributed by atoms with Gasteiger partial charge in [-0.05, 0) is 18.8 Å². The first-order valence-electron chi connectivity index (χ1n) is 2.74. The van der Waals surface area contributed by atoms with Crippen LogP contribution in [0.15, 0.2) is 0 Å². The molecule has 2 atom stereocenters. The van der Waals surface area contributed by atoms with Crippen LogP contribution < -0.4 is 0 Å². The fraction of sp³-hybridized carbons (Fsp3) is 0.833. The predicted octanol–water partition coefficient (Wildman–Crippen LogP) is 1.56. The molecule has 0 aromatic rings. The Morgan fingerprint density at radius 2 is 2.29 bits per heavy atom.